The summed E-state index contributed by atoms with van der Waals surface area (Å²) in [6.45, 7) is 0. The Bertz CT molecular complexity index is 663. The summed E-state index contributed by atoms with van der Waals surface area (Å²) in [4.78, 5) is 7.11. The highest BCUT2D eigenvalue weighted by molar-refractivity contribution is 5.82. The van der Waals surface area contributed by atoms with Crippen LogP contribution in [0.3, 0.4) is 0 Å². The van der Waals surface area contributed by atoms with E-state index in [1.807, 2.05) is 6.07 Å². The first-order valence-corrected chi connectivity index (χ1v) is 5.19. The fraction of sp³-hybridized carbons (Fsp3) is 0. The summed E-state index contributed by atoms with van der Waals surface area (Å²) in [6.07, 6.45) is 3.39. The molecule has 3 aromatic rings. The summed E-state index contributed by atoms with van der Waals surface area (Å²) in [5.74, 6) is 0.413. The van der Waals surface area contributed by atoms with Crippen molar-refractivity contribution in [2.45, 2.75) is 0 Å². The molecule has 0 aliphatic rings. The molecule has 0 aliphatic heterocycles. The van der Waals surface area contributed by atoms with Crippen LogP contribution < -0.4 is 4.74 Å². The number of hydrogen-bond acceptors (Lipinski definition) is 2. The highest BCUT2D eigenvalue weighted by Crippen LogP contribution is 2.29. The Hall–Kier alpha value is -2.36. The van der Waals surface area contributed by atoms with Crippen LogP contribution in [0.25, 0.3) is 11.0 Å². The van der Waals surface area contributed by atoms with Gasteiger partial charge in [-0.25, -0.2) is 9.37 Å². The molecule has 0 fully saturated rings. The standard InChI is InChI=1S/C13H9FN2O/c14-10-3-1-2-4-12(10)17-11-6-8-16-13-9(11)5-7-15-13/h1-8H,(H,15,16). The van der Waals surface area contributed by atoms with E-state index in [9.17, 15) is 4.39 Å². The van der Waals surface area contributed by atoms with Gasteiger partial charge >= 0.3 is 0 Å². The third-order valence-corrected chi connectivity index (χ3v) is 2.48. The Balaban J connectivity index is 2.06. The number of nitrogens with one attached hydrogen (secondary N) is 1. The van der Waals surface area contributed by atoms with Crippen LogP contribution in [0.15, 0.2) is 48.8 Å². The van der Waals surface area contributed by atoms with Gasteiger partial charge in [-0.1, -0.05) is 12.1 Å². The van der Waals surface area contributed by atoms with Gasteiger partial charge in [0.1, 0.15) is 11.4 Å². The maximum Gasteiger partial charge on any atom is 0.165 e. The number of rotatable bonds is 2. The monoisotopic (exact) mass is 228 g/mol. The van der Waals surface area contributed by atoms with Crippen molar-refractivity contribution in [3.05, 3.63) is 54.6 Å². The predicted molar refractivity (Wildman–Crippen MR) is 62.6 cm³/mol. The predicted octanol–water partition coefficient (Wildman–Crippen LogP) is 3.49. The van der Waals surface area contributed by atoms with Crippen molar-refractivity contribution < 1.29 is 9.13 Å². The summed E-state index contributed by atoms with van der Waals surface area (Å²) in [5, 5.41) is 0.829. The summed E-state index contributed by atoms with van der Waals surface area (Å²) in [7, 11) is 0. The molecule has 1 aromatic carbocycles. The summed E-state index contributed by atoms with van der Waals surface area (Å²) >= 11 is 0. The van der Waals surface area contributed by atoms with Gasteiger partial charge in [0, 0.05) is 12.4 Å². The van der Waals surface area contributed by atoms with Gasteiger partial charge in [-0.3, -0.25) is 0 Å². The second-order valence-corrected chi connectivity index (χ2v) is 3.58. The number of H-pyrrole nitrogens is 1. The van der Waals surface area contributed by atoms with E-state index in [0.717, 1.165) is 11.0 Å². The molecule has 84 valence electrons. The number of para-hydroxylation sites is 1. The molecule has 2 aromatic heterocycles. The van der Waals surface area contributed by atoms with Crippen LogP contribution >= 0.6 is 0 Å². The number of pyridine rings is 1. The van der Waals surface area contributed by atoms with Gasteiger partial charge in [-0.05, 0) is 24.3 Å². The van der Waals surface area contributed by atoms with Gasteiger partial charge in [-0.15, -0.1) is 0 Å². The molecule has 4 heteroatoms. The second-order valence-electron chi connectivity index (χ2n) is 3.58. The Kier molecular flexibility index (Phi) is 2.26. The van der Waals surface area contributed by atoms with E-state index < -0.39 is 0 Å². The number of benzene rings is 1. The van der Waals surface area contributed by atoms with Crippen LogP contribution in [0.2, 0.25) is 0 Å². The lowest BCUT2D eigenvalue weighted by Gasteiger charge is -2.06. The van der Waals surface area contributed by atoms with Crippen LogP contribution in [0, 0.1) is 5.82 Å². The lowest BCUT2D eigenvalue weighted by atomic mass is 10.3. The SMILES string of the molecule is Fc1ccccc1Oc1ccnc2[nH]ccc12. The minimum atomic E-state index is -0.381. The molecule has 17 heavy (non-hydrogen) atoms. The van der Waals surface area contributed by atoms with Crippen LogP contribution in [-0.4, -0.2) is 9.97 Å². The smallest absolute Gasteiger partial charge is 0.165 e. The van der Waals surface area contributed by atoms with Crippen LogP contribution in [-0.2, 0) is 0 Å². The van der Waals surface area contributed by atoms with Gasteiger partial charge in [0.05, 0.1) is 5.39 Å². The van der Waals surface area contributed by atoms with Crippen LogP contribution in [0.1, 0.15) is 0 Å². The van der Waals surface area contributed by atoms with E-state index in [1.165, 1.54) is 6.07 Å². The van der Waals surface area contributed by atoms with E-state index >= 15 is 0 Å². The van der Waals surface area contributed by atoms with Crippen molar-refractivity contribution in [1.82, 2.24) is 9.97 Å². The van der Waals surface area contributed by atoms with Crippen molar-refractivity contribution in [2.75, 3.05) is 0 Å². The lowest BCUT2D eigenvalue weighted by Crippen LogP contribution is -1.89. The number of halogens is 1. The molecule has 1 N–H and O–H groups in total. The highest BCUT2D eigenvalue weighted by Gasteiger charge is 2.07. The van der Waals surface area contributed by atoms with Gasteiger partial charge in [0.25, 0.3) is 0 Å². The van der Waals surface area contributed by atoms with E-state index in [0.29, 0.717) is 5.75 Å². The number of aromatic amines is 1. The molecular formula is C13H9FN2O. The average Bonchev–Trinajstić information content (AvgIpc) is 2.81. The zero-order valence-corrected chi connectivity index (χ0v) is 8.85. The molecule has 0 atom stereocenters. The van der Waals surface area contributed by atoms with Crippen molar-refractivity contribution in [3.8, 4) is 11.5 Å². The molecule has 0 bridgehead atoms. The lowest BCUT2D eigenvalue weighted by molar-refractivity contribution is 0.446. The van der Waals surface area contributed by atoms with Gasteiger partial charge in [0.15, 0.2) is 11.6 Å². The third kappa shape index (κ3) is 1.73. The zero-order chi connectivity index (χ0) is 11.7. The van der Waals surface area contributed by atoms with Gasteiger partial charge in [-0.2, -0.15) is 0 Å². The molecule has 0 aliphatic carbocycles. The minimum absolute atomic E-state index is 0.209. The molecular weight excluding hydrogens is 219 g/mol. The van der Waals surface area contributed by atoms with Gasteiger partial charge in [0.2, 0.25) is 0 Å². The Morgan fingerprint density at radius 1 is 1.06 bits per heavy atom. The molecule has 3 rings (SSSR count). The van der Waals surface area contributed by atoms with Crippen molar-refractivity contribution in [1.29, 1.82) is 0 Å². The number of aromatic nitrogens is 2. The first kappa shape index (κ1) is 9.84. The topological polar surface area (TPSA) is 37.9 Å². The second kappa shape index (κ2) is 3.90. The Morgan fingerprint density at radius 3 is 2.82 bits per heavy atom. The zero-order valence-electron chi connectivity index (χ0n) is 8.85. The Labute approximate surface area is 96.9 Å². The van der Waals surface area contributed by atoms with Crippen LogP contribution in [0.4, 0.5) is 4.39 Å². The molecule has 0 unspecified atom stereocenters. The Morgan fingerprint density at radius 2 is 1.94 bits per heavy atom. The maximum atomic E-state index is 13.5. The quantitative estimate of drug-likeness (QED) is 0.729. The number of hydrogen-bond donors (Lipinski definition) is 1. The van der Waals surface area contributed by atoms with E-state index in [2.05, 4.69) is 9.97 Å². The first-order chi connectivity index (χ1) is 8.34. The molecule has 0 spiro atoms. The first-order valence-electron chi connectivity index (χ1n) is 5.19. The van der Waals surface area contributed by atoms with Crippen molar-refractivity contribution in [3.63, 3.8) is 0 Å². The fourth-order valence-corrected chi connectivity index (χ4v) is 1.67. The van der Waals surface area contributed by atoms with Crippen molar-refractivity contribution >= 4 is 11.0 Å². The number of nitrogens with zero attached hydrogens (tertiary/aromatic N) is 1. The van der Waals surface area contributed by atoms with E-state index in [4.69, 9.17) is 4.74 Å². The minimum Gasteiger partial charge on any atom is -0.453 e. The van der Waals surface area contributed by atoms with Crippen LogP contribution in [0.5, 0.6) is 11.5 Å². The molecule has 0 amide bonds. The normalized spacial score (nSPS) is 10.6. The highest BCUT2D eigenvalue weighted by atomic mass is 19.1. The van der Waals surface area contributed by atoms with Gasteiger partial charge < -0.3 is 9.72 Å². The maximum absolute atomic E-state index is 13.5. The fourth-order valence-electron chi connectivity index (χ4n) is 1.67. The third-order valence-electron chi connectivity index (χ3n) is 2.48. The largest absolute Gasteiger partial charge is 0.453 e. The molecule has 0 saturated heterocycles. The summed E-state index contributed by atoms with van der Waals surface area (Å²) < 4.78 is 19.0. The van der Waals surface area contributed by atoms with E-state index in [1.54, 1.807) is 36.7 Å². The molecule has 3 nitrogen and oxygen atoms in total. The molecule has 2 heterocycles. The number of fused-ring (bicyclic) bond motifs is 1. The average molecular weight is 228 g/mol. The molecule has 0 saturated carbocycles. The molecule has 0 radical (unpaired) electrons. The summed E-state index contributed by atoms with van der Waals surface area (Å²) in [6, 6.07) is 9.87. The van der Waals surface area contributed by atoms with Crippen molar-refractivity contribution in [2.24, 2.45) is 0 Å². The number of ether oxygens (including phenoxy) is 1. The summed E-state index contributed by atoms with van der Waals surface area (Å²) in [5.41, 5.74) is 0.721. The van der Waals surface area contributed by atoms with E-state index in [-0.39, 0.29) is 11.6 Å².